The van der Waals surface area contributed by atoms with Crippen LogP contribution in [0.1, 0.15) is 27.4 Å². The first-order chi connectivity index (χ1) is 10.8. The molecular weight excluding hydrogens is 338 g/mol. The molecule has 1 aromatic rings. The standard InChI is InChI=1S/C14H21N3O4S2/c1-10-5-6-12(22-10)14(19)15-8-13(18)16-11-4-3-7-17(9-11)23(2,20)21/h5-6,11H,3-4,7-9H2,1-2H3,(H,15,19)(H,16,18). The second-order valence-corrected chi connectivity index (χ2v) is 8.89. The molecule has 2 rings (SSSR count). The topological polar surface area (TPSA) is 95.6 Å². The second kappa shape index (κ2) is 7.41. The van der Waals surface area contributed by atoms with E-state index in [9.17, 15) is 18.0 Å². The van der Waals surface area contributed by atoms with Crippen molar-refractivity contribution in [3.8, 4) is 0 Å². The van der Waals surface area contributed by atoms with Crippen molar-refractivity contribution >= 4 is 33.2 Å². The van der Waals surface area contributed by atoms with Gasteiger partial charge in [-0.15, -0.1) is 11.3 Å². The van der Waals surface area contributed by atoms with E-state index >= 15 is 0 Å². The van der Waals surface area contributed by atoms with Gasteiger partial charge in [0.1, 0.15) is 0 Å². The Morgan fingerprint density at radius 2 is 2.13 bits per heavy atom. The van der Waals surface area contributed by atoms with E-state index in [0.717, 1.165) is 11.3 Å². The summed E-state index contributed by atoms with van der Waals surface area (Å²) >= 11 is 1.37. The lowest BCUT2D eigenvalue weighted by atomic mass is 10.1. The molecule has 0 spiro atoms. The molecule has 1 aliphatic heterocycles. The second-order valence-electron chi connectivity index (χ2n) is 5.62. The monoisotopic (exact) mass is 359 g/mol. The Hall–Kier alpha value is -1.45. The quantitative estimate of drug-likeness (QED) is 0.792. The average Bonchev–Trinajstić information content (AvgIpc) is 2.91. The number of nitrogens with zero attached hydrogens (tertiary/aromatic N) is 1. The number of piperidine rings is 1. The van der Waals surface area contributed by atoms with Gasteiger partial charge in [-0.3, -0.25) is 9.59 Å². The largest absolute Gasteiger partial charge is 0.351 e. The maximum atomic E-state index is 11.9. The van der Waals surface area contributed by atoms with Crippen molar-refractivity contribution in [3.05, 3.63) is 21.9 Å². The molecular formula is C14H21N3O4S2. The summed E-state index contributed by atoms with van der Waals surface area (Å²) in [4.78, 5) is 25.4. The number of hydrogen-bond donors (Lipinski definition) is 2. The van der Waals surface area contributed by atoms with Crippen LogP contribution in [0.4, 0.5) is 0 Å². The lowest BCUT2D eigenvalue weighted by Crippen LogP contribution is -2.51. The molecule has 0 bridgehead atoms. The summed E-state index contributed by atoms with van der Waals surface area (Å²) in [6.45, 7) is 2.55. The highest BCUT2D eigenvalue weighted by atomic mass is 32.2. The summed E-state index contributed by atoms with van der Waals surface area (Å²) in [6.07, 6.45) is 2.61. The number of thiophene rings is 1. The van der Waals surface area contributed by atoms with Gasteiger partial charge in [-0.25, -0.2) is 12.7 Å². The average molecular weight is 359 g/mol. The maximum Gasteiger partial charge on any atom is 0.261 e. The number of nitrogens with one attached hydrogen (secondary N) is 2. The van der Waals surface area contributed by atoms with E-state index in [0.29, 0.717) is 17.8 Å². The van der Waals surface area contributed by atoms with E-state index in [4.69, 9.17) is 0 Å². The van der Waals surface area contributed by atoms with Crippen molar-refractivity contribution < 1.29 is 18.0 Å². The van der Waals surface area contributed by atoms with E-state index in [1.807, 2.05) is 13.0 Å². The van der Waals surface area contributed by atoms with Crippen LogP contribution in [-0.2, 0) is 14.8 Å². The van der Waals surface area contributed by atoms with E-state index in [1.165, 1.54) is 21.9 Å². The van der Waals surface area contributed by atoms with Crippen LogP contribution in [0.15, 0.2) is 12.1 Å². The molecule has 2 heterocycles. The van der Waals surface area contributed by atoms with Crippen LogP contribution < -0.4 is 10.6 Å². The molecule has 0 saturated carbocycles. The highest BCUT2D eigenvalue weighted by Crippen LogP contribution is 2.15. The number of rotatable bonds is 5. The number of hydrogen-bond acceptors (Lipinski definition) is 5. The molecule has 9 heteroatoms. The fourth-order valence-electron chi connectivity index (χ4n) is 2.44. The Labute approximate surface area is 140 Å². The van der Waals surface area contributed by atoms with Crippen LogP contribution in [0.25, 0.3) is 0 Å². The first-order valence-corrected chi connectivity index (χ1v) is 10.0. The minimum absolute atomic E-state index is 0.120. The molecule has 2 amide bonds. The molecule has 1 atom stereocenters. The maximum absolute atomic E-state index is 11.9. The molecule has 128 valence electrons. The van der Waals surface area contributed by atoms with Gasteiger partial charge in [0.05, 0.1) is 17.7 Å². The molecule has 1 fully saturated rings. The van der Waals surface area contributed by atoms with Gasteiger partial charge in [-0.1, -0.05) is 0 Å². The zero-order chi connectivity index (χ0) is 17.0. The van der Waals surface area contributed by atoms with Crippen LogP contribution >= 0.6 is 11.3 Å². The Balaban J connectivity index is 1.79. The van der Waals surface area contributed by atoms with Gasteiger partial charge in [-0.2, -0.15) is 0 Å². The molecule has 1 unspecified atom stereocenters. The summed E-state index contributed by atoms with van der Waals surface area (Å²) < 4.78 is 24.5. The minimum atomic E-state index is -3.24. The van der Waals surface area contributed by atoms with E-state index in [1.54, 1.807) is 6.07 Å². The van der Waals surface area contributed by atoms with Crippen molar-refractivity contribution in [3.63, 3.8) is 0 Å². The number of sulfonamides is 1. The van der Waals surface area contributed by atoms with E-state index in [2.05, 4.69) is 10.6 Å². The van der Waals surface area contributed by atoms with Gasteiger partial charge >= 0.3 is 0 Å². The Bertz CT molecular complexity index is 684. The van der Waals surface area contributed by atoms with Crippen LogP contribution in [0.5, 0.6) is 0 Å². The van der Waals surface area contributed by atoms with Crippen molar-refractivity contribution in [2.24, 2.45) is 0 Å². The number of carbonyl (C=O) groups excluding carboxylic acids is 2. The molecule has 7 nitrogen and oxygen atoms in total. The summed E-state index contributed by atoms with van der Waals surface area (Å²) in [5.74, 6) is -0.591. The fraction of sp³-hybridized carbons (Fsp3) is 0.571. The van der Waals surface area contributed by atoms with E-state index in [-0.39, 0.29) is 30.9 Å². The molecule has 23 heavy (non-hydrogen) atoms. The summed E-state index contributed by atoms with van der Waals surface area (Å²) in [7, 11) is -3.24. The number of amides is 2. The lowest BCUT2D eigenvalue weighted by molar-refractivity contribution is -0.121. The minimum Gasteiger partial charge on any atom is -0.351 e. The highest BCUT2D eigenvalue weighted by Gasteiger charge is 2.26. The van der Waals surface area contributed by atoms with Gasteiger partial charge in [0, 0.05) is 24.0 Å². The summed E-state index contributed by atoms with van der Waals surface area (Å²) in [6, 6.07) is 3.35. The summed E-state index contributed by atoms with van der Waals surface area (Å²) in [5.41, 5.74) is 0. The van der Waals surface area contributed by atoms with Gasteiger partial charge < -0.3 is 10.6 Å². The van der Waals surface area contributed by atoms with Gasteiger partial charge in [0.15, 0.2) is 0 Å². The third-order valence-corrected chi connectivity index (χ3v) is 5.86. The molecule has 0 aliphatic carbocycles. The van der Waals surface area contributed by atoms with Crippen LogP contribution in [-0.4, -0.2) is 56.5 Å². The molecule has 1 aromatic heterocycles. The van der Waals surface area contributed by atoms with Gasteiger partial charge in [0.25, 0.3) is 5.91 Å². The predicted molar refractivity (Wildman–Crippen MR) is 89.0 cm³/mol. The number of aryl methyl sites for hydroxylation is 1. The molecule has 2 N–H and O–H groups in total. The zero-order valence-electron chi connectivity index (χ0n) is 13.2. The molecule has 1 aliphatic rings. The first kappa shape index (κ1) is 17.9. The zero-order valence-corrected chi connectivity index (χ0v) is 14.8. The van der Waals surface area contributed by atoms with E-state index < -0.39 is 10.0 Å². The van der Waals surface area contributed by atoms with Crippen LogP contribution in [0.2, 0.25) is 0 Å². The highest BCUT2D eigenvalue weighted by molar-refractivity contribution is 7.88. The lowest BCUT2D eigenvalue weighted by Gasteiger charge is -2.31. The predicted octanol–water partition coefficient (Wildman–Crippen LogP) is 0.327. The molecule has 0 aromatic carbocycles. The van der Waals surface area contributed by atoms with Crippen LogP contribution in [0, 0.1) is 6.92 Å². The third kappa shape index (κ3) is 5.29. The number of carbonyl (C=O) groups is 2. The van der Waals surface area contributed by atoms with Gasteiger partial charge in [-0.05, 0) is 31.9 Å². The SMILES string of the molecule is Cc1ccc(C(=O)NCC(=O)NC2CCCN(S(C)(=O)=O)C2)s1. The Morgan fingerprint density at radius 3 is 2.74 bits per heavy atom. The molecule has 0 radical (unpaired) electrons. The normalized spacial score (nSPS) is 19.3. The summed E-state index contributed by atoms with van der Waals surface area (Å²) in [5, 5.41) is 5.35. The van der Waals surface area contributed by atoms with Crippen molar-refractivity contribution in [2.75, 3.05) is 25.9 Å². The Kier molecular flexibility index (Phi) is 5.77. The third-order valence-electron chi connectivity index (χ3n) is 3.59. The van der Waals surface area contributed by atoms with Crippen LogP contribution in [0.3, 0.4) is 0 Å². The fourth-order valence-corrected chi connectivity index (χ4v) is 4.14. The van der Waals surface area contributed by atoms with Crippen molar-refractivity contribution in [1.29, 1.82) is 0 Å². The van der Waals surface area contributed by atoms with Crippen molar-refractivity contribution in [1.82, 2.24) is 14.9 Å². The molecule has 1 saturated heterocycles. The van der Waals surface area contributed by atoms with Gasteiger partial charge in [0.2, 0.25) is 15.9 Å². The first-order valence-electron chi connectivity index (χ1n) is 7.35. The Morgan fingerprint density at radius 1 is 1.39 bits per heavy atom. The van der Waals surface area contributed by atoms with Crippen molar-refractivity contribution in [2.45, 2.75) is 25.8 Å². The smallest absolute Gasteiger partial charge is 0.261 e.